The summed E-state index contributed by atoms with van der Waals surface area (Å²) in [6.07, 6.45) is 7.29. The van der Waals surface area contributed by atoms with Crippen molar-refractivity contribution in [1.29, 1.82) is 0 Å². The zero-order chi connectivity index (χ0) is 13.2. The van der Waals surface area contributed by atoms with Crippen molar-refractivity contribution in [2.24, 2.45) is 11.5 Å². The zero-order valence-electron chi connectivity index (χ0n) is 11.4. The fraction of sp³-hybridized carbons (Fsp3) is 0.600. The first-order valence-electron chi connectivity index (χ1n) is 6.98. The van der Waals surface area contributed by atoms with Gasteiger partial charge in [0.05, 0.1) is 12.8 Å². The Bertz CT molecular complexity index is 309. The Balaban J connectivity index is 2.12. The highest BCUT2D eigenvalue weighted by Gasteiger charge is 1.99. The maximum atomic E-state index is 5.67. The van der Waals surface area contributed by atoms with Crippen LogP contribution >= 0.6 is 0 Å². The Kier molecular flexibility index (Phi) is 7.46. The molecule has 0 atom stereocenters. The SMILES string of the molecule is CCCCCCCCOc1ccc(C(N)N)cc1. The Labute approximate surface area is 111 Å². The highest BCUT2D eigenvalue weighted by atomic mass is 16.5. The van der Waals surface area contributed by atoms with Gasteiger partial charge in [0, 0.05) is 0 Å². The molecule has 0 aliphatic carbocycles. The molecule has 0 amide bonds. The number of rotatable bonds is 9. The van der Waals surface area contributed by atoms with Gasteiger partial charge in [-0.25, -0.2) is 0 Å². The second-order valence-corrected chi connectivity index (χ2v) is 4.71. The standard InChI is InChI=1S/C15H26N2O/c1-2-3-4-5-6-7-12-18-14-10-8-13(9-11-14)15(16)17/h8-11,15H,2-7,12,16-17H2,1H3. The van der Waals surface area contributed by atoms with Gasteiger partial charge in [0.25, 0.3) is 0 Å². The van der Waals surface area contributed by atoms with Gasteiger partial charge in [0.1, 0.15) is 5.75 Å². The van der Waals surface area contributed by atoms with Gasteiger partial charge in [0.15, 0.2) is 0 Å². The molecule has 0 aliphatic rings. The molecule has 0 unspecified atom stereocenters. The molecule has 1 aromatic carbocycles. The van der Waals surface area contributed by atoms with Crippen LogP contribution in [0.2, 0.25) is 0 Å². The summed E-state index contributed by atoms with van der Waals surface area (Å²) in [6, 6.07) is 7.70. The van der Waals surface area contributed by atoms with Crippen molar-refractivity contribution in [2.75, 3.05) is 6.61 Å². The van der Waals surface area contributed by atoms with Crippen molar-refractivity contribution in [3.63, 3.8) is 0 Å². The van der Waals surface area contributed by atoms with Gasteiger partial charge >= 0.3 is 0 Å². The Morgan fingerprint density at radius 1 is 0.944 bits per heavy atom. The molecule has 0 radical (unpaired) electrons. The van der Waals surface area contributed by atoms with Gasteiger partial charge in [-0.3, -0.25) is 0 Å². The van der Waals surface area contributed by atoms with E-state index in [1.54, 1.807) is 0 Å². The molecule has 0 aliphatic heterocycles. The molecule has 3 nitrogen and oxygen atoms in total. The molecule has 3 heteroatoms. The van der Waals surface area contributed by atoms with Crippen LogP contribution < -0.4 is 16.2 Å². The van der Waals surface area contributed by atoms with Crippen molar-refractivity contribution in [3.05, 3.63) is 29.8 Å². The number of benzene rings is 1. The first-order chi connectivity index (χ1) is 8.74. The van der Waals surface area contributed by atoms with E-state index >= 15 is 0 Å². The van der Waals surface area contributed by atoms with Gasteiger partial charge in [-0.15, -0.1) is 0 Å². The third-order valence-electron chi connectivity index (χ3n) is 3.03. The fourth-order valence-electron chi connectivity index (χ4n) is 1.86. The van der Waals surface area contributed by atoms with Crippen molar-refractivity contribution in [2.45, 2.75) is 51.6 Å². The molecule has 0 fully saturated rings. The third-order valence-corrected chi connectivity index (χ3v) is 3.03. The van der Waals surface area contributed by atoms with E-state index in [0.717, 1.165) is 24.3 Å². The molecule has 0 saturated heterocycles. The Morgan fingerprint density at radius 2 is 1.56 bits per heavy atom. The molecule has 4 N–H and O–H groups in total. The second-order valence-electron chi connectivity index (χ2n) is 4.71. The summed E-state index contributed by atoms with van der Waals surface area (Å²) in [4.78, 5) is 0. The van der Waals surface area contributed by atoms with Gasteiger partial charge in [-0.2, -0.15) is 0 Å². The van der Waals surface area contributed by atoms with E-state index in [0.29, 0.717) is 0 Å². The van der Waals surface area contributed by atoms with Crippen molar-refractivity contribution in [3.8, 4) is 5.75 Å². The number of unbranched alkanes of at least 4 members (excludes halogenated alkanes) is 5. The molecule has 102 valence electrons. The summed E-state index contributed by atoms with van der Waals surface area (Å²) in [6.45, 7) is 3.03. The summed E-state index contributed by atoms with van der Waals surface area (Å²) in [5, 5.41) is 0. The predicted molar refractivity (Wildman–Crippen MR) is 76.4 cm³/mol. The number of ether oxygens (including phenoxy) is 1. The summed E-state index contributed by atoms with van der Waals surface area (Å²) in [5.41, 5.74) is 12.1. The summed E-state index contributed by atoms with van der Waals surface area (Å²) < 4.78 is 5.67. The lowest BCUT2D eigenvalue weighted by atomic mass is 10.1. The summed E-state index contributed by atoms with van der Waals surface area (Å²) in [7, 11) is 0. The molecular weight excluding hydrogens is 224 g/mol. The van der Waals surface area contributed by atoms with E-state index in [1.807, 2.05) is 24.3 Å². The topological polar surface area (TPSA) is 61.3 Å². The highest BCUT2D eigenvalue weighted by molar-refractivity contribution is 5.28. The van der Waals surface area contributed by atoms with Crippen LogP contribution in [-0.2, 0) is 0 Å². The second kappa shape index (κ2) is 8.95. The van der Waals surface area contributed by atoms with E-state index in [1.165, 1.54) is 32.1 Å². The first kappa shape index (κ1) is 15.0. The lowest BCUT2D eigenvalue weighted by molar-refractivity contribution is 0.304. The minimum atomic E-state index is -0.405. The predicted octanol–water partition coefficient (Wildman–Crippen LogP) is 3.34. The van der Waals surface area contributed by atoms with Gasteiger partial charge < -0.3 is 16.2 Å². The lowest BCUT2D eigenvalue weighted by Gasteiger charge is -2.09. The highest BCUT2D eigenvalue weighted by Crippen LogP contribution is 2.15. The minimum absolute atomic E-state index is 0.405. The molecule has 0 heterocycles. The molecule has 0 aromatic heterocycles. The van der Waals surface area contributed by atoms with E-state index in [4.69, 9.17) is 16.2 Å². The number of hydrogen-bond acceptors (Lipinski definition) is 3. The normalized spacial score (nSPS) is 10.9. The third kappa shape index (κ3) is 6.03. The molecule has 1 aromatic rings. The largest absolute Gasteiger partial charge is 0.494 e. The Morgan fingerprint density at radius 3 is 2.17 bits per heavy atom. The van der Waals surface area contributed by atoms with E-state index in [9.17, 15) is 0 Å². The smallest absolute Gasteiger partial charge is 0.119 e. The average Bonchev–Trinajstić information content (AvgIpc) is 2.38. The minimum Gasteiger partial charge on any atom is -0.494 e. The Hall–Kier alpha value is -1.06. The number of nitrogens with two attached hydrogens (primary N) is 2. The fourth-order valence-corrected chi connectivity index (χ4v) is 1.86. The van der Waals surface area contributed by atoms with Crippen LogP contribution in [0.15, 0.2) is 24.3 Å². The number of hydrogen-bond donors (Lipinski definition) is 2. The van der Waals surface area contributed by atoms with E-state index in [2.05, 4.69) is 6.92 Å². The molecule has 1 rings (SSSR count). The van der Waals surface area contributed by atoms with E-state index < -0.39 is 6.17 Å². The van der Waals surface area contributed by atoms with Crippen LogP contribution in [0, 0.1) is 0 Å². The van der Waals surface area contributed by atoms with Crippen molar-refractivity contribution >= 4 is 0 Å². The maximum Gasteiger partial charge on any atom is 0.119 e. The van der Waals surface area contributed by atoms with Crippen molar-refractivity contribution in [1.82, 2.24) is 0 Å². The van der Waals surface area contributed by atoms with Gasteiger partial charge in [0.2, 0.25) is 0 Å². The lowest BCUT2D eigenvalue weighted by Crippen LogP contribution is -2.19. The van der Waals surface area contributed by atoms with Gasteiger partial charge in [-0.1, -0.05) is 51.2 Å². The van der Waals surface area contributed by atoms with Crippen LogP contribution in [0.3, 0.4) is 0 Å². The molecule has 18 heavy (non-hydrogen) atoms. The molecule has 0 saturated carbocycles. The van der Waals surface area contributed by atoms with Crippen LogP contribution in [0.4, 0.5) is 0 Å². The van der Waals surface area contributed by atoms with Crippen LogP contribution in [-0.4, -0.2) is 6.61 Å². The molecule has 0 bridgehead atoms. The maximum absolute atomic E-state index is 5.67. The summed E-state index contributed by atoms with van der Waals surface area (Å²) in [5.74, 6) is 0.896. The van der Waals surface area contributed by atoms with Crippen molar-refractivity contribution < 1.29 is 4.74 Å². The summed E-state index contributed by atoms with van der Waals surface area (Å²) >= 11 is 0. The van der Waals surface area contributed by atoms with E-state index in [-0.39, 0.29) is 0 Å². The van der Waals surface area contributed by atoms with Crippen LogP contribution in [0.25, 0.3) is 0 Å². The monoisotopic (exact) mass is 250 g/mol. The van der Waals surface area contributed by atoms with Crippen LogP contribution in [0.5, 0.6) is 5.75 Å². The zero-order valence-corrected chi connectivity index (χ0v) is 11.4. The van der Waals surface area contributed by atoms with Gasteiger partial charge in [-0.05, 0) is 24.1 Å². The van der Waals surface area contributed by atoms with Crippen LogP contribution in [0.1, 0.15) is 57.2 Å². The average molecular weight is 250 g/mol. The first-order valence-corrected chi connectivity index (χ1v) is 6.98. The molecule has 0 spiro atoms. The quantitative estimate of drug-likeness (QED) is 0.522. The molecular formula is C15H26N2O.